The molecule has 1 heterocycles. The zero-order valence-corrected chi connectivity index (χ0v) is 8.37. The predicted octanol–water partition coefficient (Wildman–Crippen LogP) is -0.0882. The van der Waals surface area contributed by atoms with Gasteiger partial charge in [0.05, 0.1) is 6.54 Å². The fraction of sp³-hybridized carbons (Fsp3) is 0.500. The molecule has 4 N–H and O–H groups in total. The van der Waals surface area contributed by atoms with Crippen LogP contribution in [0.1, 0.15) is 18.4 Å². The van der Waals surface area contributed by atoms with Crippen molar-refractivity contribution in [2.45, 2.75) is 20.4 Å². The van der Waals surface area contributed by atoms with E-state index < -0.39 is 0 Å². The quantitative estimate of drug-likeness (QED) is 0.273. The van der Waals surface area contributed by atoms with E-state index in [1.165, 1.54) is 0 Å². The standard InChI is InChI=1S/C8H15N5O/c1-3-10-8(12-9)11-5-7-4-6(2)14-13-7/h4H,3,5,9H2,1-2H3,(H2,10,11,12). The van der Waals surface area contributed by atoms with Crippen molar-refractivity contribution in [3.05, 3.63) is 17.5 Å². The Balaban J connectivity index is 2.51. The minimum absolute atomic E-state index is 0.448. The number of guanidine groups is 1. The number of aryl methyl sites for hydroxylation is 1. The van der Waals surface area contributed by atoms with Crippen LogP contribution in [0.2, 0.25) is 0 Å². The second-order valence-electron chi connectivity index (χ2n) is 2.77. The Morgan fingerprint density at radius 1 is 1.71 bits per heavy atom. The molecule has 0 aromatic carbocycles. The molecule has 78 valence electrons. The molecule has 0 bridgehead atoms. The summed E-state index contributed by atoms with van der Waals surface area (Å²) >= 11 is 0. The lowest BCUT2D eigenvalue weighted by Gasteiger charge is -2.04. The third-order valence-corrected chi connectivity index (χ3v) is 1.56. The van der Waals surface area contributed by atoms with Crippen LogP contribution in [0.4, 0.5) is 0 Å². The van der Waals surface area contributed by atoms with Gasteiger partial charge in [0.25, 0.3) is 0 Å². The molecule has 0 spiro atoms. The minimum atomic E-state index is 0.448. The van der Waals surface area contributed by atoms with Crippen LogP contribution in [0.5, 0.6) is 0 Å². The van der Waals surface area contributed by atoms with Crippen molar-refractivity contribution in [3.8, 4) is 0 Å². The van der Waals surface area contributed by atoms with E-state index in [9.17, 15) is 0 Å². The summed E-state index contributed by atoms with van der Waals surface area (Å²) in [5.41, 5.74) is 3.25. The number of aromatic nitrogens is 1. The summed E-state index contributed by atoms with van der Waals surface area (Å²) in [7, 11) is 0. The number of hydrazine groups is 1. The van der Waals surface area contributed by atoms with E-state index in [4.69, 9.17) is 10.4 Å². The van der Waals surface area contributed by atoms with Crippen LogP contribution in [0.25, 0.3) is 0 Å². The van der Waals surface area contributed by atoms with E-state index in [1.54, 1.807) is 0 Å². The Morgan fingerprint density at radius 3 is 3.00 bits per heavy atom. The Morgan fingerprint density at radius 2 is 2.50 bits per heavy atom. The summed E-state index contributed by atoms with van der Waals surface area (Å²) in [6.07, 6.45) is 0. The van der Waals surface area contributed by atoms with Crippen LogP contribution in [0.15, 0.2) is 15.6 Å². The van der Waals surface area contributed by atoms with E-state index in [2.05, 4.69) is 20.9 Å². The first-order valence-electron chi connectivity index (χ1n) is 4.43. The molecule has 0 saturated carbocycles. The Labute approximate surface area is 82.5 Å². The Kier molecular flexibility index (Phi) is 3.93. The molecule has 1 aromatic heterocycles. The molecule has 0 unspecified atom stereocenters. The van der Waals surface area contributed by atoms with Gasteiger partial charge in [-0.1, -0.05) is 5.16 Å². The largest absolute Gasteiger partial charge is 0.361 e. The van der Waals surface area contributed by atoms with Crippen molar-refractivity contribution in [2.75, 3.05) is 6.54 Å². The van der Waals surface area contributed by atoms with Crippen LogP contribution >= 0.6 is 0 Å². The van der Waals surface area contributed by atoms with Gasteiger partial charge in [-0.05, 0) is 13.8 Å². The fourth-order valence-electron chi connectivity index (χ4n) is 0.973. The molecule has 6 heteroatoms. The van der Waals surface area contributed by atoms with Gasteiger partial charge in [0.1, 0.15) is 11.5 Å². The first kappa shape index (κ1) is 10.5. The van der Waals surface area contributed by atoms with Crippen molar-refractivity contribution in [2.24, 2.45) is 10.8 Å². The van der Waals surface area contributed by atoms with Gasteiger partial charge in [-0.3, -0.25) is 5.43 Å². The smallest absolute Gasteiger partial charge is 0.206 e. The molecule has 0 fully saturated rings. The van der Waals surface area contributed by atoms with Gasteiger partial charge in [-0.2, -0.15) is 0 Å². The number of hydrogen-bond acceptors (Lipinski definition) is 4. The van der Waals surface area contributed by atoms with E-state index in [0.29, 0.717) is 12.5 Å². The number of nitrogens with one attached hydrogen (secondary N) is 2. The Bertz CT molecular complexity index is 306. The van der Waals surface area contributed by atoms with Crippen LogP contribution in [-0.2, 0) is 6.54 Å². The first-order chi connectivity index (χ1) is 6.76. The summed E-state index contributed by atoms with van der Waals surface area (Å²) < 4.78 is 4.90. The maximum absolute atomic E-state index is 5.24. The van der Waals surface area contributed by atoms with Crippen molar-refractivity contribution < 1.29 is 4.52 Å². The molecule has 0 atom stereocenters. The van der Waals surface area contributed by atoms with Crippen molar-refractivity contribution >= 4 is 5.96 Å². The molecule has 1 aromatic rings. The van der Waals surface area contributed by atoms with Crippen molar-refractivity contribution in [1.29, 1.82) is 0 Å². The molecule has 0 aliphatic heterocycles. The van der Waals surface area contributed by atoms with Gasteiger partial charge >= 0.3 is 0 Å². The molecule has 0 saturated heterocycles. The highest BCUT2D eigenvalue weighted by Crippen LogP contribution is 2.02. The van der Waals surface area contributed by atoms with Gasteiger partial charge in [-0.25, -0.2) is 10.8 Å². The molecule has 0 radical (unpaired) electrons. The SMILES string of the molecule is CCNC(=NCc1cc(C)on1)NN. The number of nitrogens with zero attached hydrogens (tertiary/aromatic N) is 2. The van der Waals surface area contributed by atoms with Gasteiger partial charge in [0, 0.05) is 12.6 Å². The second kappa shape index (κ2) is 5.23. The normalized spacial score (nSPS) is 11.5. The number of nitrogens with two attached hydrogens (primary N) is 1. The van der Waals surface area contributed by atoms with Crippen LogP contribution in [-0.4, -0.2) is 17.7 Å². The lowest BCUT2D eigenvalue weighted by molar-refractivity contribution is 0.391. The van der Waals surface area contributed by atoms with E-state index in [-0.39, 0.29) is 0 Å². The van der Waals surface area contributed by atoms with Gasteiger partial charge < -0.3 is 9.84 Å². The first-order valence-corrected chi connectivity index (χ1v) is 4.43. The van der Waals surface area contributed by atoms with Crippen molar-refractivity contribution in [1.82, 2.24) is 15.9 Å². The van der Waals surface area contributed by atoms with Crippen LogP contribution in [0.3, 0.4) is 0 Å². The fourth-order valence-corrected chi connectivity index (χ4v) is 0.973. The molecule has 14 heavy (non-hydrogen) atoms. The topological polar surface area (TPSA) is 88.5 Å². The monoisotopic (exact) mass is 197 g/mol. The molecular weight excluding hydrogens is 182 g/mol. The summed E-state index contributed by atoms with van der Waals surface area (Å²) in [6.45, 7) is 5.02. The molecule has 1 rings (SSSR count). The maximum atomic E-state index is 5.24. The Hall–Kier alpha value is -1.56. The van der Waals surface area contributed by atoms with Gasteiger partial charge in [0.15, 0.2) is 0 Å². The lowest BCUT2D eigenvalue weighted by Crippen LogP contribution is -2.41. The zero-order chi connectivity index (χ0) is 10.4. The summed E-state index contributed by atoms with van der Waals surface area (Å²) in [5.74, 6) is 6.57. The van der Waals surface area contributed by atoms with E-state index in [0.717, 1.165) is 18.0 Å². The highest BCUT2D eigenvalue weighted by atomic mass is 16.5. The number of hydrogen-bond donors (Lipinski definition) is 3. The second-order valence-corrected chi connectivity index (χ2v) is 2.77. The summed E-state index contributed by atoms with van der Waals surface area (Å²) in [5, 5.41) is 6.77. The molecule has 0 aliphatic rings. The van der Waals surface area contributed by atoms with Crippen LogP contribution < -0.4 is 16.6 Å². The number of aliphatic imine (C=N–C) groups is 1. The third-order valence-electron chi connectivity index (χ3n) is 1.56. The molecular formula is C8H15N5O. The highest BCUT2D eigenvalue weighted by molar-refractivity contribution is 5.78. The molecule has 0 aliphatic carbocycles. The zero-order valence-electron chi connectivity index (χ0n) is 8.37. The molecule has 6 nitrogen and oxygen atoms in total. The lowest BCUT2D eigenvalue weighted by atomic mass is 10.4. The van der Waals surface area contributed by atoms with Gasteiger partial charge in [-0.15, -0.1) is 0 Å². The minimum Gasteiger partial charge on any atom is -0.361 e. The van der Waals surface area contributed by atoms with Gasteiger partial charge in [0.2, 0.25) is 5.96 Å². The average Bonchev–Trinajstić information content (AvgIpc) is 2.59. The van der Waals surface area contributed by atoms with E-state index >= 15 is 0 Å². The predicted molar refractivity (Wildman–Crippen MR) is 53.4 cm³/mol. The summed E-state index contributed by atoms with van der Waals surface area (Å²) in [4.78, 5) is 4.16. The maximum Gasteiger partial charge on any atom is 0.206 e. The summed E-state index contributed by atoms with van der Waals surface area (Å²) in [6, 6.07) is 1.84. The average molecular weight is 197 g/mol. The third kappa shape index (κ3) is 3.06. The highest BCUT2D eigenvalue weighted by Gasteiger charge is 1.99. The van der Waals surface area contributed by atoms with Crippen molar-refractivity contribution in [3.63, 3.8) is 0 Å². The van der Waals surface area contributed by atoms with Crippen LogP contribution in [0, 0.1) is 6.92 Å². The van der Waals surface area contributed by atoms with E-state index in [1.807, 2.05) is 19.9 Å². The molecule has 0 amide bonds. The number of rotatable bonds is 3.